The second kappa shape index (κ2) is 4.61. The first-order chi connectivity index (χ1) is 9.20. The Morgan fingerprint density at radius 1 is 1.53 bits per heavy atom. The molecule has 0 fully saturated rings. The largest absolute Gasteiger partial charge is 0.494 e. The Morgan fingerprint density at radius 2 is 2.37 bits per heavy atom. The van der Waals surface area contributed by atoms with E-state index in [-0.39, 0.29) is 0 Å². The lowest BCUT2D eigenvalue weighted by Gasteiger charge is -2.18. The second-order valence-corrected chi connectivity index (χ2v) is 4.94. The molecule has 4 nitrogen and oxygen atoms in total. The second-order valence-electron chi connectivity index (χ2n) is 4.94. The average molecular weight is 259 g/mol. The number of aliphatic carboxylic acids is 1. The van der Waals surface area contributed by atoms with E-state index >= 15 is 0 Å². The number of rotatable bonds is 3. The Morgan fingerprint density at radius 3 is 3.11 bits per heavy atom. The van der Waals surface area contributed by atoms with Gasteiger partial charge in [0, 0.05) is 16.6 Å². The Balaban J connectivity index is 2.14. The summed E-state index contributed by atoms with van der Waals surface area (Å²) in [7, 11) is 0. The van der Waals surface area contributed by atoms with Gasteiger partial charge in [-0.1, -0.05) is 0 Å². The van der Waals surface area contributed by atoms with Gasteiger partial charge in [-0.2, -0.15) is 0 Å². The minimum absolute atomic E-state index is 0.397. The first kappa shape index (κ1) is 12.1. The maximum atomic E-state index is 11.3. The van der Waals surface area contributed by atoms with Gasteiger partial charge in [0.1, 0.15) is 5.75 Å². The number of carbonyl (C=O) groups is 1. The number of fused-ring (bicyclic) bond motifs is 3. The lowest BCUT2D eigenvalue weighted by atomic mass is 9.87. The number of hydrogen-bond acceptors (Lipinski definition) is 2. The van der Waals surface area contributed by atoms with Gasteiger partial charge in [-0.15, -0.1) is 0 Å². The summed E-state index contributed by atoms with van der Waals surface area (Å²) in [5.74, 6) is -0.293. The molecule has 1 heterocycles. The molecule has 1 aromatic heterocycles. The van der Waals surface area contributed by atoms with Crippen LogP contribution in [0.1, 0.15) is 36.9 Å². The van der Waals surface area contributed by atoms with Crippen molar-refractivity contribution in [3.63, 3.8) is 0 Å². The Hall–Kier alpha value is -1.97. The fraction of sp³-hybridized carbons (Fsp3) is 0.400. The number of carboxylic acid groups (broad SMARTS) is 1. The van der Waals surface area contributed by atoms with Crippen molar-refractivity contribution in [3.8, 4) is 5.75 Å². The van der Waals surface area contributed by atoms with E-state index in [4.69, 9.17) is 4.74 Å². The maximum absolute atomic E-state index is 11.3. The zero-order valence-corrected chi connectivity index (χ0v) is 10.9. The van der Waals surface area contributed by atoms with Crippen LogP contribution in [0.2, 0.25) is 0 Å². The summed E-state index contributed by atoms with van der Waals surface area (Å²) in [6.07, 6.45) is 2.58. The fourth-order valence-corrected chi connectivity index (χ4v) is 2.95. The van der Waals surface area contributed by atoms with Gasteiger partial charge in [-0.05, 0) is 49.9 Å². The van der Waals surface area contributed by atoms with E-state index in [1.54, 1.807) is 0 Å². The van der Waals surface area contributed by atoms with Crippen molar-refractivity contribution in [2.24, 2.45) is 0 Å². The first-order valence-electron chi connectivity index (χ1n) is 6.70. The molecule has 0 saturated heterocycles. The van der Waals surface area contributed by atoms with Gasteiger partial charge >= 0.3 is 5.97 Å². The van der Waals surface area contributed by atoms with E-state index < -0.39 is 11.9 Å². The van der Waals surface area contributed by atoms with E-state index in [1.165, 1.54) is 0 Å². The number of ether oxygens (including phenoxy) is 1. The highest BCUT2D eigenvalue weighted by molar-refractivity contribution is 5.89. The van der Waals surface area contributed by atoms with Gasteiger partial charge in [0.25, 0.3) is 0 Å². The number of benzene rings is 1. The van der Waals surface area contributed by atoms with E-state index in [2.05, 4.69) is 4.98 Å². The van der Waals surface area contributed by atoms with Crippen molar-refractivity contribution in [3.05, 3.63) is 29.5 Å². The quantitative estimate of drug-likeness (QED) is 0.890. The van der Waals surface area contributed by atoms with Crippen LogP contribution in [0.4, 0.5) is 0 Å². The van der Waals surface area contributed by atoms with Gasteiger partial charge in [0.05, 0.1) is 12.5 Å². The lowest BCUT2D eigenvalue weighted by Crippen LogP contribution is -2.17. The smallest absolute Gasteiger partial charge is 0.312 e. The molecule has 0 saturated carbocycles. The summed E-state index contributed by atoms with van der Waals surface area (Å²) in [5, 5.41) is 10.4. The Labute approximate surface area is 111 Å². The molecule has 3 rings (SSSR count). The van der Waals surface area contributed by atoms with Crippen LogP contribution in [0, 0.1) is 0 Å². The number of nitrogens with one attached hydrogen (secondary N) is 1. The highest BCUT2D eigenvalue weighted by Crippen LogP contribution is 2.37. The molecule has 100 valence electrons. The van der Waals surface area contributed by atoms with Crippen molar-refractivity contribution in [2.75, 3.05) is 6.61 Å². The van der Waals surface area contributed by atoms with E-state index in [0.717, 1.165) is 40.8 Å². The molecule has 0 aliphatic heterocycles. The van der Waals surface area contributed by atoms with Crippen LogP contribution < -0.4 is 4.74 Å². The van der Waals surface area contributed by atoms with Crippen molar-refractivity contribution in [1.82, 2.24) is 4.98 Å². The molecule has 0 spiro atoms. The minimum Gasteiger partial charge on any atom is -0.494 e. The standard InChI is InChI=1S/C15H17NO3/c1-2-19-9-6-7-13-12(8-9)10-4-3-5-11(15(17)18)14(10)16-13/h6-8,11,16H,2-5H2,1H3,(H,17,18). The van der Waals surface area contributed by atoms with Gasteiger partial charge in [-0.25, -0.2) is 0 Å². The summed E-state index contributed by atoms with van der Waals surface area (Å²) in [6.45, 7) is 2.59. The molecule has 19 heavy (non-hydrogen) atoms. The normalized spacial score (nSPS) is 18.3. The molecule has 1 atom stereocenters. The summed E-state index contributed by atoms with van der Waals surface area (Å²) in [4.78, 5) is 14.6. The van der Waals surface area contributed by atoms with Crippen LogP contribution in [-0.4, -0.2) is 22.7 Å². The van der Waals surface area contributed by atoms with E-state index in [1.807, 2.05) is 25.1 Å². The molecule has 1 aliphatic rings. The molecule has 2 aromatic rings. The third-order valence-electron chi connectivity index (χ3n) is 3.79. The highest BCUT2D eigenvalue weighted by Gasteiger charge is 2.29. The first-order valence-corrected chi connectivity index (χ1v) is 6.70. The van der Waals surface area contributed by atoms with Crippen LogP contribution in [0.15, 0.2) is 18.2 Å². The fourth-order valence-electron chi connectivity index (χ4n) is 2.95. The number of H-pyrrole nitrogens is 1. The van der Waals surface area contributed by atoms with Crippen LogP contribution in [-0.2, 0) is 11.2 Å². The lowest BCUT2D eigenvalue weighted by molar-refractivity contribution is -0.139. The molecule has 4 heteroatoms. The molecule has 0 bridgehead atoms. The molecule has 1 aromatic carbocycles. The molecule has 1 unspecified atom stereocenters. The van der Waals surface area contributed by atoms with Crippen molar-refractivity contribution >= 4 is 16.9 Å². The number of carboxylic acids is 1. The van der Waals surface area contributed by atoms with Crippen LogP contribution in [0.25, 0.3) is 10.9 Å². The van der Waals surface area contributed by atoms with Gasteiger partial charge in [0.2, 0.25) is 0 Å². The zero-order valence-electron chi connectivity index (χ0n) is 10.9. The minimum atomic E-state index is -0.738. The number of aromatic nitrogens is 1. The van der Waals surface area contributed by atoms with Gasteiger partial charge in [0.15, 0.2) is 0 Å². The van der Waals surface area contributed by atoms with E-state index in [9.17, 15) is 9.90 Å². The average Bonchev–Trinajstić information content (AvgIpc) is 2.77. The van der Waals surface area contributed by atoms with Crippen molar-refractivity contribution < 1.29 is 14.6 Å². The Kier molecular flexibility index (Phi) is 2.93. The molecule has 2 N–H and O–H groups in total. The number of hydrogen-bond donors (Lipinski definition) is 2. The van der Waals surface area contributed by atoms with Crippen LogP contribution in [0.5, 0.6) is 5.75 Å². The third-order valence-corrected chi connectivity index (χ3v) is 3.79. The molecular formula is C15H17NO3. The summed E-state index contributed by atoms with van der Waals surface area (Å²) in [5.41, 5.74) is 3.03. The predicted octanol–water partition coefficient (Wildman–Crippen LogP) is 3.07. The maximum Gasteiger partial charge on any atom is 0.312 e. The van der Waals surface area contributed by atoms with Crippen molar-refractivity contribution in [1.29, 1.82) is 0 Å². The molecule has 1 aliphatic carbocycles. The molecular weight excluding hydrogens is 242 g/mol. The summed E-state index contributed by atoms with van der Waals surface area (Å²) >= 11 is 0. The summed E-state index contributed by atoms with van der Waals surface area (Å²) < 4.78 is 5.52. The van der Waals surface area contributed by atoms with Gasteiger partial charge in [-0.3, -0.25) is 4.79 Å². The predicted molar refractivity (Wildman–Crippen MR) is 72.8 cm³/mol. The number of aryl methyl sites for hydroxylation is 1. The highest BCUT2D eigenvalue weighted by atomic mass is 16.5. The summed E-state index contributed by atoms with van der Waals surface area (Å²) in [6, 6.07) is 5.90. The topological polar surface area (TPSA) is 62.3 Å². The Bertz CT molecular complexity index is 630. The number of aromatic amines is 1. The monoisotopic (exact) mass is 259 g/mol. The van der Waals surface area contributed by atoms with E-state index in [0.29, 0.717) is 13.0 Å². The zero-order chi connectivity index (χ0) is 13.4. The van der Waals surface area contributed by atoms with Crippen molar-refractivity contribution in [2.45, 2.75) is 32.1 Å². The van der Waals surface area contributed by atoms with Gasteiger partial charge < -0.3 is 14.8 Å². The molecule has 0 radical (unpaired) electrons. The third kappa shape index (κ3) is 1.97. The SMILES string of the molecule is CCOc1ccc2[nH]c3c(c2c1)CCCC3C(=O)O. The van der Waals surface area contributed by atoms with Crippen LogP contribution >= 0.6 is 0 Å². The van der Waals surface area contributed by atoms with Crippen LogP contribution in [0.3, 0.4) is 0 Å². The molecule has 0 amide bonds.